The molecule has 0 aromatic heterocycles. The van der Waals surface area contributed by atoms with E-state index >= 15 is 0 Å². The fourth-order valence-electron chi connectivity index (χ4n) is 4.42. The molecule has 0 aliphatic rings. The second kappa shape index (κ2) is 8.97. The standard InChI is InChI=1S/C30H28/c1-22-19-23(2)30(24(3)20-22)29(27-17-11-6-12-18-27)21-28(25-13-7-4-8-14-25)26-15-9-5-10-16-26/h4-21,28H,1-3H3/b29-21-. The van der Waals surface area contributed by atoms with Gasteiger partial charge in [0.1, 0.15) is 0 Å². The number of allylic oxidation sites excluding steroid dienone is 1. The van der Waals surface area contributed by atoms with Crippen LogP contribution in [0.3, 0.4) is 0 Å². The smallest absolute Gasteiger partial charge is 0.0278 e. The lowest BCUT2D eigenvalue weighted by molar-refractivity contribution is 1.03. The molecule has 4 rings (SSSR count). The van der Waals surface area contributed by atoms with Crippen molar-refractivity contribution >= 4 is 5.57 Å². The fourth-order valence-corrected chi connectivity index (χ4v) is 4.42. The van der Waals surface area contributed by atoms with E-state index in [0.29, 0.717) is 0 Å². The van der Waals surface area contributed by atoms with Crippen molar-refractivity contribution in [2.45, 2.75) is 26.7 Å². The summed E-state index contributed by atoms with van der Waals surface area (Å²) in [6.45, 7) is 6.63. The summed E-state index contributed by atoms with van der Waals surface area (Å²) in [6.07, 6.45) is 2.45. The fraction of sp³-hybridized carbons (Fsp3) is 0.133. The van der Waals surface area contributed by atoms with Gasteiger partial charge in [0.2, 0.25) is 0 Å². The average molecular weight is 389 g/mol. The van der Waals surface area contributed by atoms with Crippen LogP contribution in [0.5, 0.6) is 0 Å². The highest BCUT2D eigenvalue weighted by molar-refractivity contribution is 5.84. The van der Waals surface area contributed by atoms with Crippen LogP contribution < -0.4 is 0 Å². The van der Waals surface area contributed by atoms with Crippen molar-refractivity contribution in [3.63, 3.8) is 0 Å². The third-order valence-corrected chi connectivity index (χ3v) is 5.68. The van der Waals surface area contributed by atoms with Gasteiger partial charge in [-0.15, -0.1) is 0 Å². The molecule has 148 valence electrons. The molecule has 4 aromatic carbocycles. The summed E-state index contributed by atoms with van der Waals surface area (Å²) in [4.78, 5) is 0. The Balaban J connectivity index is 1.98. The predicted molar refractivity (Wildman–Crippen MR) is 129 cm³/mol. The minimum absolute atomic E-state index is 0.183. The van der Waals surface area contributed by atoms with Crippen LogP contribution in [-0.2, 0) is 0 Å². The van der Waals surface area contributed by atoms with Gasteiger partial charge in [0.15, 0.2) is 0 Å². The van der Waals surface area contributed by atoms with E-state index in [1.165, 1.54) is 44.5 Å². The van der Waals surface area contributed by atoms with E-state index in [0.717, 1.165) is 0 Å². The molecule has 0 heteroatoms. The highest BCUT2D eigenvalue weighted by Gasteiger charge is 2.17. The summed E-state index contributed by atoms with van der Waals surface area (Å²) in [6, 6.07) is 37.0. The van der Waals surface area contributed by atoms with Gasteiger partial charge in [-0.1, -0.05) is 115 Å². The predicted octanol–water partition coefficient (Wildman–Crippen LogP) is 7.88. The zero-order valence-electron chi connectivity index (χ0n) is 18.0. The highest BCUT2D eigenvalue weighted by atomic mass is 14.2. The average Bonchev–Trinajstić information content (AvgIpc) is 2.77. The van der Waals surface area contributed by atoms with Crippen LogP contribution in [-0.4, -0.2) is 0 Å². The van der Waals surface area contributed by atoms with Gasteiger partial charge < -0.3 is 0 Å². The minimum Gasteiger partial charge on any atom is -0.0641 e. The number of hydrogen-bond acceptors (Lipinski definition) is 0. The maximum absolute atomic E-state index is 2.45. The molecule has 0 bridgehead atoms. The monoisotopic (exact) mass is 388 g/mol. The molecule has 0 nitrogen and oxygen atoms in total. The summed E-state index contributed by atoms with van der Waals surface area (Å²) in [5.41, 5.74) is 10.4. The lowest BCUT2D eigenvalue weighted by atomic mass is 9.83. The summed E-state index contributed by atoms with van der Waals surface area (Å²) >= 11 is 0. The molecule has 0 radical (unpaired) electrons. The van der Waals surface area contributed by atoms with Crippen LogP contribution in [0.1, 0.15) is 44.9 Å². The van der Waals surface area contributed by atoms with Gasteiger partial charge in [0.25, 0.3) is 0 Å². The first-order valence-electron chi connectivity index (χ1n) is 10.6. The molecule has 4 aromatic rings. The normalized spacial score (nSPS) is 11.7. The van der Waals surface area contributed by atoms with Crippen LogP contribution in [0.4, 0.5) is 0 Å². The molecule has 0 fully saturated rings. The third-order valence-electron chi connectivity index (χ3n) is 5.68. The SMILES string of the molecule is Cc1cc(C)c(/C(=C\C(c2ccccc2)c2ccccc2)c2ccccc2)c(C)c1. The molecule has 30 heavy (non-hydrogen) atoms. The molecule has 0 N–H and O–H groups in total. The number of hydrogen-bond donors (Lipinski definition) is 0. The van der Waals surface area contributed by atoms with Crippen molar-refractivity contribution in [1.82, 2.24) is 0 Å². The number of benzene rings is 4. The van der Waals surface area contributed by atoms with E-state index in [1.54, 1.807) is 0 Å². The summed E-state index contributed by atoms with van der Waals surface area (Å²) in [7, 11) is 0. The van der Waals surface area contributed by atoms with Crippen LogP contribution in [0.25, 0.3) is 5.57 Å². The van der Waals surface area contributed by atoms with Crippen molar-refractivity contribution < 1.29 is 0 Å². The van der Waals surface area contributed by atoms with Gasteiger partial charge >= 0.3 is 0 Å². The Morgan fingerprint density at radius 1 is 0.600 bits per heavy atom. The van der Waals surface area contributed by atoms with Crippen molar-refractivity contribution in [2.24, 2.45) is 0 Å². The lowest BCUT2D eigenvalue weighted by Crippen LogP contribution is -2.02. The quantitative estimate of drug-likeness (QED) is 0.326. The molecule has 0 amide bonds. The number of aryl methyl sites for hydroxylation is 3. The topological polar surface area (TPSA) is 0 Å². The lowest BCUT2D eigenvalue weighted by Gasteiger charge is -2.20. The van der Waals surface area contributed by atoms with Crippen molar-refractivity contribution in [3.8, 4) is 0 Å². The van der Waals surface area contributed by atoms with E-state index in [2.05, 4.69) is 130 Å². The molecule has 0 spiro atoms. The van der Waals surface area contributed by atoms with E-state index in [4.69, 9.17) is 0 Å². The maximum Gasteiger partial charge on any atom is 0.0278 e. The Bertz CT molecular complexity index is 1070. The Morgan fingerprint density at radius 2 is 1.03 bits per heavy atom. The van der Waals surface area contributed by atoms with Crippen LogP contribution in [0.2, 0.25) is 0 Å². The number of rotatable bonds is 5. The van der Waals surface area contributed by atoms with Crippen LogP contribution >= 0.6 is 0 Å². The summed E-state index contributed by atoms with van der Waals surface area (Å²) in [5, 5.41) is 0. The Morgan fingerprint density at radius 3 is 1.50 bits per heavy atom. The summed E-state index contributed by atoms with van der Waals surface area (Å²) in [5.74, 6) is 0.183. The van der Waals surface area contributed by atoms with E-state index in [-0.39, 0.29) is 5.92 Å². The van der Waals surface area contributed by atoms with Gasteiger partial charge in [0.05, 0.1) is 0 Å². The maximum atomic E-state index is 2.45. The molecule has 0 unspecified atom stereocenters. The first kappa shape index (κ1) is 19.9. The van der Waals surface area contributed by atoms with Gasteiger partial charge in [-0.05, 0) is 59.7 Å². The molecule has 0 saturated heterocycles. The first-order chi connectivity index (χ1) is 14.6. The van der Waals surface area contributed by atoms with Crippen molar-refractivity contribution in [1.29, 1.82) is 0 Å². The van der Waals surface area contributed by atoms with Crippen molar-refractivity contribution in [2.75, 3.05) is 0 Å². The Labute approximate surface area is 180 Å². The van der Waals surface area contributed by atoms with E-state index in [9.17, 15) is 0 Å². The first-order valence-corrected chi connectivity index (χ1v) is 10.6. The summed E-state index contributed by atoms with van der Waals surface area (Å²) < 4.78 is 0. The van der Waals surface area contributed by atoms with Gasteiger partial charge in [-0.2, -0.15) is 0 Å². The van der Waals surface area contributed by atoms with Gasteiger partial charge in [-0.3, -0.25) is 0 Å². The van der Waals surface area contributed by atoms with Gasteiger partial charge in [0, 0.05) is 5.92 Å². The molecule has 0 saturated carbocycles. The van der Waals surface area contributed by atoms with Crippen LogP contribution in [0.15, 0.2) is 109 Å². The Hall–Kier alpha value is -3.38. The molecule has 0 aliphatic heterocycles. The van der Waals surface area contributed by atoms with Crippen LogP contribution in [0, 0.1) is 20.8 Å². The second-order valence-corrected chi connectivity index (χ2v) is 8.02. The van der Waals surface area contributed by atoms with Gasteiger partial charge in [-0.25, -0.2) is 0 Å². The molecule has 0 aliphatic carbocycles. The second-order valence-electron chi connectivity index (χ2n) is 8.02. The molecule has 0 atom stereocenters. The zero-order chi connectivity index (χ0) is 20.9. The van der Waals surface area contributed by atoms with Crippen molar-refractivity contribution in [3.05, 3.63) is 148 Å². The Kier molecular flexibility index (Phi) is 5.95. The third kappa shape index (κ3) is 4.28. The van der Waals surface area contributed by atoms with E-state index < -0.39 is 0 Å². The minimum atomic E-state index is 0.183. The zero-order valence-corrected chi connectivity index (χ0v) is 18.0. The van der Waals surface area contributed by atoms with E-state index in [1.807, 2.05) is 0 Å². The largest absolute Gasteiger partial charge is 0.0641 e. The highest BCUT2D eigenvalue weighted by Crippen LogP contribution is 2.35. The molecule has 0 heterocycles. The molecular formula is C30H28. The molecular weight excluding hydrogens is 360 g/mol.